The molecule has 168 valence electrons. The van der Waals surface area contributed by atoms with E-state index in [0.29, 0.717) is 54.6 Å². The second-order valence-electron chi connectivity index (χ2n) is 7.44. The summed E-state index contributed by atoms with van der Waals surface area (Å²) in [4.78, 5) is 26.1. The molecule has 7 heteroatoms. The van der Waals surface area contributed by atoms with Crippen LogP contribution in [0.25, 0.3) is 0 Å². The van der Waals surface area contributed by atoms with E-state index in [-0.39, 0.29) is 12.4 Å². The number of rotatable bonds is 9. The number of benzene rings is 1. The third-order valence-corrected chi connectivity index (χ3v) is 5.48. The van der Waals surface area contributed by atoms with E-state index in [1.54, 1.807) is 7.11 Å². The highest BCUT2D eigenvalue weighted by molar-refractivity contribution is 6.03. The second kappa shape index (κ2) is 10.5. The topological polar surface area (TPSA) is 83.1 Å². The lowest BCUT2D eigenvalue weighted by atomic mass is 9.75. The smallest absolute Gasteiger partial charge is 0.336 e. The monoisotopic (exact) mass is 429 g/mol. The Morgan fingerprint density at radius 1 is 1.13 bits per heavy atom. The number of dihydropyridines is 1. The Balaban J connectivity index is 2.03. The van der Waals surface area contributed by atoms with Crippen molar-refractivity contribution in [1.82, 2.24) is 5.32 Å². The normalized spacial score (nSPS) is 18.5. The van der Waals surface area contributed by atoms with Crippen LogP contribution in [0.15, 0.2) is 40.7 Å². The van der Waals surface area contributed by atoms with Gasteiger partial charge in [-0.2, -0.15) is 0 Å². The van der Waals surface area contributed by atoms with Gasteiger partial charge in [-0.1, -0.05) is 6.07 Å². The van der Waals surface area contributed by atoms with Gasteiger partial charge in [0.15, 0.2) is 17.3 Å². The van der Waals surface area contributed by atoms with Gasteiger partial charge in [-0.05, 0) is 51.3 Å². The van der Waals surface area contributed by atoms with Crippen LogP contribution >= 0.6 is 0 Å². The van der Waals surface area contributed by atoms with Gasteiger partial charge in [-0.3, -0.25) is 4.79 Å². The molecule has 1 heterocycles. The van der Waals surface area contributed by atoms with Crippen LogP contribution in [-0.4, -0.2) is 45.3 Å². The Bertz CT molecular complexity index is 901. The number of hydrogen-bond donors (Lipinski definition) is 1. The van der Waals surface area contributed by atoms with Crippen LogP contribution in [0, 0.1) is 0 Å². The molecule has 3 rings (SSSR count). The van der Waals surface area contributed by atoms with E-state index in [4.69, 9.17) is 18.9 Å². The van der Waals surface area contributed by atoms with Gasteiger partial charge in [-0.15, -0.1) is 0 Å². The molecule has 0 aromatic heterocycles. The summed E-state index contributed by atoms with van der Waals surface area (Å²) in [5.41, 5.74) is 3.46. The average molecular weight is 430 g/mol. The van der Waals surface area contributed by atoms with Crippen molar-refractivity contribution in [3.05, 3.63) is 46.3 Å². The van der Waals surface area contributed by atoms with Crippen molar-refractivity contribution in [2.45, 2.75) is 46.0 Å². The number of carbonyl (C=O) groups excluding carboxylic acids is 2. The molecule has 1 aromatic rings. The van der Waals surface area contributed by atoms with E-state index >= 15 is 0 Å². The fourth-order valence-electron chi connectivity index (χ4n) is 4.14. The SMILES string of the molecule is CCOCCOC(=O)C1=C(C)NC2=C(C(=O)CCC2)C1c1ccc(OCC)c(OC)c1. The summed E-state index contributed by atoms with van der Waals surface area (Å²) in [6, 6.07) is 5.55. The van der Waals surface area contributed by atoms with E-state index in [1.807, 2.05) is 39.0 Å². The van der Waals surface area contributed by atoms with Gasteiger partial charge in [0.05, 0.1) is 25.9 Å². The predicted molar refractivity (Wildman–Crippen MR) is 116 cm³/mol. The summed E-state index contributed by atoms with van der Waals surface area (Å²) < 4.78 is 21.9. The number of carbonyl (C=O) groups is 2. The summed E-state index contributed by atoms with van der Waals surface area (Å²) in [7, 11) is 1.57. The van der Waals surface area contributed by atoms with Crippen LogP contribution in [0.1, 0.15) is 51.5 Å². The van der Waals surface area contributed by atoms with Crippen molar-refractivity contribution < 1.29 is 28.5 Å². The van der Waals surface area contributed by atoms with Crippen molar-refractivity contribution in [1.29, 1.82) is 0 Å². The first-order valence-electron chi connectivity index (χ1n) is 10.8. The van der Waals surface area contributed by atoms with Crippen LogP contribution in [-0.2, 0) is 19.1 Å². The lowest BCUT2D eigenvalue weighted by Crippen LogP contribution is -2.34. The molecule has 0 radical (unpaired) electrons. The molecular formula is C24H31NO6. The van der Waals surface area contributed by atoms with Gasteiger partial charge in [0.25, 0.3) is 0 Å². The molecule has 2 aliphatic rings. The number of Topliss-reactive ketones (excluding diaryl/α,β-unsaturated/α-hetero) is 1. The molecule has 1 aromatic carbocycles. The summed E-state index contributed by atoms with van der Waals surface area (Å²) in [5, 5.41) is 3.29. The Morgan fingerprint density at radius 3 is 2.65 bits per heavy atom. The molecule has 0 saturated heterocycles. The fourth-order valence-corrected chi connectivity index (χ4v) is 4.14. The average Bonchev–Trinajstić information content (AvgIpc) is 2.76. The largest absolute Gasteiger partial charge is 0.493 e. The van der Waals surface area contributed by atoms with E-state index in [9.17, 15) is 9.59 Å². The number of allylic oxidation sites excluding steroid dienone is 3. The quantitative estimate of drug-likeness (QED) is 0.474. The zero-order valence-corrected chi connectivity index (χ0v) is 18.7. The highest BCUT2D eigenvalue weighted by Gasteiger charge is 2.39. The van der Waals surface area contributed by atoms with Crippen LogP contribution in [0.4, 0.5) is 0 Å². The number of ether oxygens (including phenoxy) is 4. The number of nitrogens with one attached hydrogen (secondary N) is 1. The summed E-state index contributed by atoms with van der Waals surface area (Å²) in [6.07, 6.45) is 2.04. The third kappa shape index (κ3) is 4.93. The molecule has 31 heavy (non-hydrogen) atoms. The van der Waals surface area contributed by atoms with E-state index < -0.39 is 11.9 Å². The predicted octanol–water partition coefficient (Wildman–Crippen LogP) is 3.64. The van der Waals surface area contributed by atoms with Crippen molar-refractivity contribution in [3.63, 3.8) is 0 Å². The van der Waals surface area contributed by atoms with Crippen LogP contribution in [0.5, 0.6) is 11.5 Å². The summed E-state index contributed by atoms with van der Waals surface area (Å²) >= 11 is 0. The van der Waals surface area contributed by atoms with Gasteiger partial charge in [0.2, 0.25) is 0 Å². The highest BCUT2D eigenvalue weighted by Crippen LogP contribution is 2.44. The van der Waals surface area contributed by atoms with E-state index in [2.05, 4.69) is 5.32 Å². The third-order valence-electron chi connectivity index (χ3n) is 5.48. The Hall–Kier alpha value is -2.80. The molecule has 1 atom stereocenters. The minimum atomic E-state index is -0.520. The summed E-state index contributed by atoms with van der Waals surface area (Å²) in [5.74, 6) is 0.262. The fraction of sp³-hybridized carbons (Fsp3) is 0.500. The Labute approximate surface area is 183 Å². The molecule has 1 aliphatic carbocycles. The van der Waals surface area contributed by atoms with Crippen LogP contribution < -0.4 is 14.8 Å². The van der Waals surface area contributed by atoms with Crippen molar-refractivity contribution in [2.75, 3.05) is 33.5 Å². The maximum Gasteiger partial charge on any atom is 0.336 e. The molecule has 0 saturated carbocycles. The first kappa shape index (κ1) is 22.9. The van der Waals surface area contributed by atoms with Gasteiger partial charge in [0, 0.05) is 35.9 Å². The van der Waals surface area contributed by atoms with Crippen LogP contribution in [0.3, 0.4) is 0 Å². The molecule has 1 unspecified atom stereocenters. The molecule has 0 fully saturated rings. The molecule has 1 N–H and O–H groups in total. The molecule has 1 aliphatic heterocycles. The molecule has 7 nitrogen and oxygen atoms in total. The second-order valence-corrected chi connectivity index (χ2v) is 7.44. The Kier molecular flexibility index (Phi) is 7.74. The number of esters is 1. The lowest BCUT2D eigenvalue weighted by Gasteiger charge is -2.34. The van der Waals surface area contributed by atoms with Crippen LogP contribution in [0.2, 0.25) is 0 Å². The lowest BCUT2D eigenvalue weighted by molar-refractivity contribution is -0.140. The highest BCUT2D eigenvalue weighted by atomic mass is 16.6. The molecule has 0 bridgehead atoms. The van der Waals surface area contributed by atoms with Gasteiger partial charge >= 0.3 is 5.97 Å². The maximum absolute atomic E-state index is 13.1. The van der Waals surface area contributed by atoms with E-state index in [0.717, 1.165) is 24.1 Å². The minimum absolute atomic E-state index is 0.0544. The number of ketones is 1. The maximum atomic E-state index is 13.1. The number of hydrogen-bond acceptors (Lipinski definition) is 7. The first-order chi connectivity index (χ1) is 15.0. The zero-order valence-electron chi connectivity index (χ0n) is 18.7. The standard InChI is InChI=1S/C24H31NO6/c1-5-29-12-13-31-24(27)21-15(3)25-17-8-7-9-18(26)23(17)22(21)16-10-11-19(30-6-2)20(14-16)28-4/h10-11,14,22,25H,5-9,12-13H2,1-4H3. The first-order valence-corrected chi connectivity index (χ1v) is 10.8. The van der Waals surface area contributed by atoms with Gasteiger partial charge in [0.1, 0.15) is 6.61 Å². The molecule has 0 amide bonds. The molecule has 0 spiro atoms. The molecular weight excluding hydrogens is 398 g/mol. The van der Waals surface area contributed by atoms with Crippen molar-refractivity contribution in [3.8, 4) is 11.5 Å². The van der Waals surface area contributed by atoms with Crippen molar-refractivity contribution in [2.24, 2.45) is 0 Å². The van der Waals surface area contributed by atoms with Gasteiger partial charge < -0.3 is 24.3 Å². The van der Waals surface area contributed by atoms with E-state index in [1.165, 1.54) is 0 Å². The van der Waals surface area contributed by atoms with Crippen molar-refractivity contribution >= 4 is 11.8 Å². The number of methoxy groups -OCH3 is 1. The zero-order chi connectivity index (χ0) is 22.4. The van der Waals surface area contributed by atoms with Gasteiger partial charge in [-0.25, -0.2) is 4.79 Å². The summed E-state index contributed by atoms with van der Waals surface area (Å²) in [6.45, 7) is 7.19. The minimum Gasteiger partial charge on any atom is -0.493 e. The Morgan fingerprint density at radius 2 is 1.94 bits per heavy atom.